The third kappa shape index (κ3) is 3.62. The summed E-state index contributed by atoms with van der Waals surface area (Å²) in [4.78, 5) is 2.45. The molecule has 2 aliphatic heterocycles. The number of rotatable bonds is 4. The van der Waals surface area contributed by atoms with Crippen molar-refractivity contribution in [3.63, 3.8) is 0 Å². The number of benzene rings is 1. The second kappa shape index (κ2) is 6.12. The molecule has 19 heavy (non-hydrogen) atoms. The van der Waals surface area contributed by atoms with Crippen molar-refractivity contribution < 1.29 is 9.47 Å². The Kier molecular flexibility index (Phi) is 4.26. The number of likely N-dealkylation sites (tertiary alicyclic amines) is 1. The van der Waals surface area contributed by atoms with Crippen molar-refractivity contribution >= 4 is 11.6 Å². The zero-order valence-corrected chi connectivity index (χ0v) is 11.8. The Bertz CT molecular complexity index is 414. The first kappa shape index (κ1) is 13.2. The van der Waals surface area contributed by atoms with Crippen molar-refractivity contribution in [2.24, 2.45) is 5.92 Å². The summed E-state index contributed by atoms with van der Waals surface area (Å²) in [6.07, 6.45) is 2.82. The summed E-state index contributed by atoms with van der Waals surface area (Å²) in [6, 6.07) is 7.63. The van der Waals surface area contributed by atoms with E-state index in [-0.39, 0.29) is 0 Å². The summed E-state index contributed by atoms with van der Waals surface area (Å²) >= 11 is 5.94. The van der Waals surface area contributed by atoms with Gasteiger partial charge in [-0.3, -0.25) is 4.90 Å². The van der Waals surface area contributed by atoms with Crippen molar-refractivity contribution in [2.45, 2.75) is 18.9 Å². The first-order valence-electron chi connectivity index (χ1n) is 7.02. The summed E-state index contributed by atoms with van der Waals surface area (Å²) in [5.74, 6) is 1.58. The number of ether oxygens (including phenoxy) is 2. The maximum Gasteiger partial charge on any atom is 0.124 e. The fourth-order valence-corrected chi connectivity index (χ4v) is 2.98. The number of hydrogen-bond acceptors (Lipinski definition) is 3. The van der Waals surface area contributed by atoms with Gasteiger partial charge >= 0.3 is 0 Å². The standard InChI is InChI=1S/C15H20ClNO2/c16-13-4-1-5-14(7-13)19-15-9-17(10-15)8-12-3-2-6-18-11-12/h1,4-5,7,12,15H,2-3,6,8-11H2. The predicted octanol–water partition coefficient (Wildman–Crippen LogP) is 2.83. The lowest BCUT2D eigenvalue weighted by Crippen LogP contribution is -2.55. The van der Waals surface area contributed by atoms with Gasteiger partial charge in [0.2, 0.25) is 0 Å². The Morgan fingerprint density at radius 1 is 1.37 bits per heavy atom. The molecule has 3 nitrogen and oxygen atoms in total. The van der Waals surface area contributed by atoms with E-state index < -0.39 is 0 Å². The zero-order chi connectivity index (χ0) is 13.1. The SMILES string of the molecule is Clc1cccc(OC2CN(CC3CCCOC3)C2)c1. The fraction of sp³-hybridized carbons (Fsp3) is 0.600. The molecule has 2 heterocycles. The molecule has 1 aromatic carbocycles. The molecular formula is C15H20ClNO2. The van der Waals surface area contributed by atoms with Crippen LogP contribution in [0, 0.1) is 5.92 Å². The Morgan fingerprint density at radius 2 is 2.26 bits per heavy atom. The molecule has 104 valence electrons. The van der Waals surface area contributed by atoms with E-state index in [9.17, 15) is 0 Å². The third-order valence-corrected chi connectivity index (χ3v) is 4.03. The number of nitrogens with zero attached hydrogens (tertiary/aromatic N) is 1. The van der Waals surface area contributed by atoms with Gasteiger partial charge in [0, 0.05) is 31.3 Å². The normalized spacial score (nSPS) is 25.0. The monoisotopic (exact) mass is 281 g/mol. The van der Waals surface area contributed by atoms with Gasteiger partial charge in [0.1, 0.15) is 11.9 Å². The van der Waals surface area contributed by atoms with Crippen LogP contribution in [0.5, 0.6) is 5.75 Å². The quantitative estimate of drug-likeness (QED) is 0.847. The summed E-state index contributed by atoms with van der Waals surface area (Å²) < 4.78 is 11.4. The van der Waals surface area contributed by atoms with Gasteiger partial charge in [0.15, 0.2) is 0 Å². The molecule has 0 bridgehead atoms. The Labute approximate surface area is 119 Å². The average Bonchev–Trinajstić information content (AvgIpc) is 2.37. The summed E-state index contributed by atoms with van der Waals surface area (Å²) in [5.41, 5.74) is 0. The van der Waals surface area contributed by atoms with E-state index in [0.717, 1.165) is 43.6 Å². The van der Waals surface area contributed by atoms with Crippen molar-refractivity contribution in [3.8, 4) is 5.75 Å². The van der Waals surface area contributed by atoms with Crippen LogP contribution in [0.1, 0.15) is 12.8 Å². The highest BCUT2D eigenvalue weighted by molar-refractivity contribution is 6.30. The highest BCUT2D eigenvalue weighted by Crippen LogP contribution is 2.23. The Balaban J connectivity index is 1.40. The van der Waals surface area contributed by atoms with E-state index in [4.69, 9.17) is 21.1 Å². The van der Waals surface area contributed by atoms with Gasteiger partial charge in [-0.25, -0.2) is 0 Å². The van der Waals surface area contributed by atoms with E-state index in [1.807, 2.05) is 24.3 Å². The largest absolute Gasteiger partial charge is 0.488 e. The van der Waals surface area contributed by atoms with Crippen LogP contribution < -0.4 is 4.74 Å². The molecular weight excluding hydrogens is 262 g/mol. The van der Waals surface area contributed by atoms with Crippen molar-refractivity contribution in [3.05, 3.63) is 29.3 Å². The number of halogens is 1. The van der Waals surface area contributed by atoms with E-state index in [2.05, 4.69) is 4.90 Å². The third-order valence-electron chi connectivity index (χ3n) is 3.79. The van der Waals surface area contributed by atoms with Gasteiger partial charge in [-0.05, 0) is 37.0 Å². The molecule has 2 saturated heterocycles. The topological polar surface area (TPSA) is 21.7 Å². The van der Waals surface area contributed by atoms with Crippen LogP contribution in [-0.4, -0.2) is 43.9 Å². The molecule has 0 radical (unpaired) electrons. The van der Waals surface area contributed by atoms with Crippen LogP contribution >= 0.6 is 11.6 Å². The zero-order valence-electron chi connectivity index (χ0n) is 11.1. The van der Waals surface area contributed by atoms with Crippen molar-refractivity contribution in [1.82, 2.24) is 4.90 Å². The molecule has 0 aliphatic carbocycles. The molecule has 0 aromatic heterocycles. The first-order valence-corrected chi connectivity index (χ1v) is 7.40. The van der Waals surface area contributed by atoms with Crippen LogP contribution in [0.15, 0.2) is 24.3 Å². The Hall–Kier alpha value is -0.770. The van der Waals surface area contributed by atoms with Crippen LogP contribution in [-0.2, 0) is 4.74 Å². The fourth-order valence-electron chi connectivity index (χ4n) is 2.80. The second-order valence-electron chi connectivity index (χ2n) is 5.50. The molecule has 2 fully saturated rings. The minimum absolute atomic E-state index is 0.308. The molecule has 2 aliphatic rings. The van der Waals surface area contributed by atoms with Crippen molar-refractivity contribution in [1.29, 1.82) is 0 Å². The van der Waals surface area contributed by atoms with E-state index in [1.54, 1.807) is 0 Å². The molecule has 4 heteroatoms. The summed E-state index contributed by atoms with van der Waals surface area (Å²) in [5, 5.41) is 0.730. The lowest BCUT2D eigenvalue weighted by atomic mass is 9.99. The van der Waals surface area contributed by atoms with Crippen molar-refractivity contribution in [2.75, 3.05) is 32.8 Å². The summed E-state index contributed by atoms with van der Waals surface area (Å²) in [7, 11) is 0. The lowest BCUT2D eigenvalue weighted by molar-refractivity contribution is -0.0171. The van der Waals surface area contributed by atoms with Gasteiger partial charge < -0.3 is 9.47 Å². The van der Waals surface area contributed by atoms with Gasteiger partial charge in [-0.15, -0.1) is 0 Å². The smallest absolute Gasteiger partial charge is 0.124 e. The predicted molar refractivity (Wildman–Crippen MR) is 75.9 cm³/mol. The van der Waals surface area contributed by atoms with E-state index in [1.165, 1.54) is 12.8 Å². The Morgan fingerprint density at radius 3 is 3.00 bits per heavy atom. The lowest BCUT2D eigenvalue weighted by Gasteiger charge is -2.41. The van der Waals surface area contributed by atoms with Crippen LogP contribution in [0.4, 0.5) is 0 Å². The van der Waals surface area contributed by atoms with Gasteiger partial charge in [0.25, 0.3) is 0 Å². The van der Waals surface area contributed by atoms with Gasteiger partial charge in [-0.2, -0.15) is 0 Å². The second-order valence-corrected chi connectivity index (χ2v) is 5.94. The molecule has 1 unspecified atom stereocenters. The van der Waals surface area contributed by atoms with Crippen LogP contribution in [0.3, 0.4) is 0 Å². The van der Waals surface area contributed by atoms with E-state index >= 15 is 0 Å². The highest BCUT2D eigenvalue weighted by Gasteiger charge is 2.30. The van der Waals surface area contributed by atoms with Crippen LogP contribution in [0.25, 0.3) is 0 Å². The highest BCUT2D eigenvalue weighted by atomic mass is 35.5. The van der Waals surface area contributed by atoms with Gasteiger partial charge in [-0.1, -0.05) is 17.7 Å². The van der Waals surface area contributed by atoms with Crippen LogP contribution in [0.2, 0.25) is 5.02 Å². The molecule has 0 spiro atoms. The molecule has 0 amide bonds. The van der Waals surface area contributed by atoms with Gasteiger partial charge in [0.05, 0.1) is 6.61 Å². The molecule has 0 saturated carbocycles. The maximum atomic E-state index is 5.94. The molecule has 0 N–H and O–H groups in total. The molecule has 3 rings (SSSR count). The first-order chi connectivity index (χ1) is 9.29. The molecule has 1 atom stereocenters. The maximum absolute atomic E-state index is 5.94. The summed E-state index contributed by atoms with van der Waals surface area (Å²) in [6.45, 7) is 5.05. The molecule has 1 aromatic rings. The van der Waals surface area contributed by atoms with E-state index in [0.29, 0.717) is 12.0 Å². The number of hydrogen-bond donors (Lipinski definition) is 0. The minimum Gasteiger partial charge on any atom is -0.488 e. The minimum atomic E-state index is 0.308. The average molecular weight is 282 g/mol.